The van der Waals surface area contributed by atoms with Gasteiger partial charge in [-0.1, -0.05) is 11.6 Å². The zero-order chi connectivity index (χ0) is 12.6. The van der Waals surface area contributed by atoms with Gasteiger partial charge in [-0.15, -0.1) is 0 Å². The Kier molecular flexibility index (Phi) is 4.65. The Balaban J connectivity index is 0.00000162. The van der Waals surface area contributed by atoms with E-state index in [2.05, 4.69) is 9.97 Å². The van der Waals surface area contributed by atoms with Gasteiger partial charge < -0.3 is 10.5 Å². The Labute approximate surface area is 124 Å². The van der Waals surface area contributed by atoms with E-state index in [9.17, 15) is 0 Å². The number of hydrogen-bond donors (Lipinski definition) is 1. The van der Waals surface area contributed by atoms with Gasteiger partial charge in [0.25, 0.3) is 0 Å². The minimum Gasteiger partial charge on any atom is -0.481 e. The molecule has 2 aromatic heterocycles. The minimum absolute atomic E-state index is 0. The first-order valence-electron chi connectivity index (χ1n) is 5.21. The van der Waals surface area contributed by atoms with Crippen LogP contribution in [-0.2, 0) is 25.0 Å². The van der Waals surface area contributed by atoms with Crippen LogP contribution in [0.5, 0.6) is 5.88 Å². The van der Waals surface area contributed by atoms with Crippen LogP contribution in [0.25, 0.3) is 10.8 Å². The molecule has 0 aliphatic heterocycles. The number of pyridine rings is 2. The fourth-order valence-corrected chi connectivity index (χ4v) is 1.92. The van der Waals surface area contributed by atoms with Crippen molar-refractivity contribution >= 4 is 22.4 Å². The van der Waals surface area contributed by atoms with Crippen LogP contribution in [0.15, 0.2) is 18.5 Å². The number of rotatable bonds is 2. The van der Waals surface area contributed by atoms with Gasteiger partial charge in [-0.3, -0.25) is 0 Å². The Hall–Kier alpha value is -0.767. The zero-order valence-corrected chi connectivity index (χ0v) is 14.4. The molecule has 2 heterocycles. The maximum absolute atomic E-state index is 6.12. The third-order valence-corrected chi connectivity index (χ3v) is 2.80. The summed E-state index contributed by atoms with van der Waals surface area (Å²) in [5.41, 5.74) is 6.54. The fourth-order valence-electron chi connectivity index (χ4n) is 1.76. The Morgan fingerprint density at radius 3 is 2.44 bits per heavy atom. The molecule has 2 rings (SSSR count). The molecule has 0 unspecified atom stereocenters. The van der Waals surface area contributed by atoms with E-state index in [0.29, 0.717) is 11.0 Å². The number of aromatic nitrogens is 2. The smallest absolute Gasteiger partial charge is 0.222 e. The van der Waals surface area contributed by atoms with Gasteiger partial charge in [0.2, 0.25) is 5.88 Å². The first-order valence-corrected chi connectivity index (χ1v) is 5.59. The van der Waals surface area contributed by atoms with Crippen molar-refractivity contribution in [2.45, 2.75) is 19.4 Å². The SMILES string of the molecule is COc1ncc(C(C)(C)N)c2cc(Cl)ncc12.[Zn]. The molecular formula is C12H14ClN3OZn. The van der Waals surface area contributed by atoms with Gasteiger partial charge >= 0.3 is 0 Å². The van der Waals surface area contributed by atoms with Crippen LogP contribution in [-0.4, -0.2) is 17.1 Å². The topological polar surface area (TPSA) is 61.0 Å². The minimum atomic E-state index is -0.498. The van der Waals surface area contributed by atoms with Crippen LogP contribution in [0, 0.1) is 0 Å². The van der Waals surface area contributed by atoms with Crippen LogP contribution >= 0.6 is 11.6 Å². The van der Waals surface area contributed by atoms with Crippen LogP contribution < -0.4 is 10.5 Å². The van der Waals surface area contributed by atoms with Crippen molar-refractivity contribution in [1.82, 2.24) is 9.97 Å². The van der Waals surface area contributed by atoms with Crippen molar-refractivity contribution in [2.75, 3.05) is 7.11 Å². The zero-order valence-electron chi connectivity index (χ0n) is 10.7. The van der Waals surface area contributed by atoms with E-state index in [0.717, 1.165) is 16.3 Å². The molecule has 0 aliphatic carbocycles. The molecule has 0 aromatic carbocycles. The van der Waals surface area contributed by atoms with Crippen molar-refractivity contribution in [3.8, 4) is 5.88 Å². The van der Waals surface area contributed by atoms with Gasteiger partial charge in [0, 0.05) is 37.4 Å². The first kappa shape index (κ1) is 15.3. The number of nitrogens with two attached hydrogens (primary N) is 1. The van der Waals surface area contributed by atoms with Gasteiger partial charge in [0.1, 0.15) is 5.15 Å². The molecule has 0 atom stereocenters. The Bertz CT molecular complexity index is 569. The summed E-state index contributed by atoms with van der Waals surface area (Å²) in [6.45, 7) is 3.84. The Morgan fingerprint density at radius 1 is 1.22 bits per heavy atom. The molecule has 6 heteroatoms. The van der Waals surface area contributed by atoms with E-state index >= 15 is 0 Å². The molecule has 0 fully saturated rings. The first-order chi connectivity index (χ1) is 7.93. The molecule has 92 valence electrons. The monoisotopic (exact) mass is 315 g/mol. The normalized spacial score (nSPS) is 11.2. The molecule has 0 bridgehead atoms. The van der Waals surface area contributed by atoms with Gasteiger partial charge in [-0.25, -0.2) is 9.97 Å². The molecule has 0 saturated carbocycles. The van der Waals surface area contributed by atoms with Gasteiger partial charge in [-0.2, -0.15) is 0 Å². The molecular weight excluding hydrogens is 303 g/mol. The number of nitrogens with zero attached hydrogens (tertiary/aromatic N) is 2. The molecule has 4 nitrogen and oxygen atoms in total. The average Bonchev–Trinajstić information content (AvgIpc) is 2.25. The molecule has 0 aliphatic rings. The van der Waals surface area contributed by atoms with Crippen molar-refractivity contribution in [2.24, 2.45) is 5.73 Å². The molecule has 18 heavy (non-hydrogen) atoms. The standard InChI is InChI=1S/C12H14ClN3O.Zn/c1-12(2,14)9-6-16-11(17-3)8-5-15-10(13)4-7(8)9;/h4-6H,14H2,1-3H3;. The van der Waals surface area contributed by atoms with E-state index in [4.69, 9.17) is 22.1 Å². The number of fused-ring (bicyclic) bond motifs is 1. The van der Waals surface area contributed by atoms with Crippen LogP contribution in [0.2, 0.25) is 5.15 Å². The van der Waals surface area contributed by atoms with Crippen LogP contribution in [0.1, 0.15) is 19.4 Å². The van der Waals surface area contributed by atoms with Crippen molar-refractivity contribution in [3.05, 3.63) is 29.2 Å². The van der Waals surface area contributed by atoms with E-state index < -0.39 is 5.54 Å². The van der Waals surface area contributed by atoms with Gasteiger partial charge in [0.15, 0.2) is 0 Å². The summed E-state index contributed by atoms with van der Waals surface area (Å²) in [4.78, 5) is 8.28. The van der Waals surface area contributed by atoms with E-state index in [1.165, 1.54) is 0 Å². The summed E-state index contributed by atoms with van der Waals surface area (Å²) in [6, 6.07) is 1.78. The van der Waals surface area contributed by atoms with E-state index in [1.807, 2.05) is 13.8 Å². The summed E-state index contributed by atoms with van der Waals surface area (Å²) in [6.07, 6.45) is 3.37. The Morgan fingerprint density at radius 2 is 1.89 bits per heavy atom. The predicted octanol–water partition coefficient (Wildman–Crippen LogP) is 2.48. The summed E-state index contributed by atoms with van der Waals surface area (Å²) in [7, 11) is 1.57. The maximum atomic E-state index is 6.12. The summed E-state index contributed by atoms with van der Waals surface area (Å²) in [5.74, 6) is 0.525. The average molecular weight is 317 g/mol. The fraction of sp³-hybridized carbons (Fsp3) is 0.333. The third kappa shape index (κ3) is 2.79. The van der Waals surface area contributed by atoms with Crippen molar-refractivity contribution in [1.29, 1.82) is 0 Å². The molecule has 2 aromatic rings. The van der Waals surface area contributed by atoms with Crippen molar-refractivity contribution < 1.29 is 24.2 Å². The predicted molar refractivity (Wildman–Crippen MR) is 68.3 cm³/mol. The number of halogens is 1. The third-order valence-electron chi connectivity index (χ3n) is 2.59. The largest absolute Gasteiger partial charge is 0.481 e. The second-order valence-electron chi connectivity index (χ2n) is 4.46. The molecule has 0 amide bonds. The molecule has 0 radical (unpaired) electrons. The van der Waals surface area contributed by atoms with Gasteiger partial charge in [0.05, 0.1) is 12.5 Å². The number of methoxy groups -OCH3 is 1. The second kappa shape index (κ2) is 5.47. The van der Waals surface area contributed by atoms with Gasteiger partial charge in [-0.05, 0) is 30.9 Å². The van der Waals surface area contributed by atoms with Crippen LogP contribution in [0.3, 0.4) is 0 Å². The summed E-state index contributed by atoms with van der Waals surface area (Å²) < 4.78 is 5.20. The summed E-state index contributed by atoms with van der Waals surface area (Å²) in [5, 5.41) is 2.16. The number of hydrogen-bond acceptors (Lipinski definition) is 4. The van der Waals surface area contributed by atoms with Crippen molar-refractivity contribution in [3.63, 3.8) is 0 Å². The maximum Gasteiger partial charge on any atom is 0.222 e. The van der Waals surface area contributed by atoms with Crippen LogP contribution in [0.4, 0.5) is 0 Å². The second-order valence-corrected chi connectivity index (χ2v) is 4.84. The molecule has 0 saturated heterocycles. The van der Waals surface area contributed by atoms with E-state index in [-0.39, 0.29) is 19.5 Å². The van der Waals surface area contributed by atoms with E-state index in [1.54, 1.807) is 25.6 Å². The molecule has 0 spiro atoms. The molecule has 2 N–H and O–H groups in total. The number of ether oxygens (including phenoxy) is 1. The quantitative estimate of drug-likeness (QED) is 0.683. The summed E-state index contributed by atoms with van der Waals surface area (Å²) >= 11 is 5.92.